The molecule has 0 radical (unpaired) electrons. The van der Waals surface area contributed by atoms with Crippen molar-refractivity contribution in [2.45, 2.75) is 33.1 Å². The van der Waals surface area contributed by atoms with Gasteiger partial charge in [-0.15, -0.1) is 0 Å². The summed E-state index contributed by atoms with van der Waals surface area (Å²) in [4.78, 5) is 0. The van der Waals surface area contributed by atoms with Gasteiger partial charge in [0.05, 0.1) is 0 Å². The van der Waals surface area contributed by atoms with Gasteiger partial charge in [0.1, 0.15) is 0 Å². The molecule has 1 unspecified atom stereocenters. The van der Waals surface area contributed by atoms with E-state index in [0.29, 0.717) is 5.92 Å². The summed E-state index contributed by atoms with van der Waals surface area (Å²) in [7, 11) is 0. The molecule has 0 nitrogen and oxygen atoms in total. The Labute approximate surface area is 104 Å². The first kappa shape index (κ1) is 11.9. The molecule has 0 amide bonds. The zero-order valence-electron chi connectivity index (χ0n) is 11.0. The molecule has 1 aromatic carbocycles. The standard InChI is InChI=1S/C17H20/c1-5-7-16-14(6-2)11-13(4)15-9-8-12(3)10-17(15)16/h5-10,13H,2,11H2,1,3-4H3/b7-5-. The third kappa shape index (κ3) is 2.12. The Hall–Kier alpha value is -1.56. The summed E-state index contributed by atoms with van der Waals surface area (Å²) in [5.74, 6) is 0.590. The Kier molecular flexibility index (Phi) is 3.33. The van der Waals surface area contributed by atoms with Crippen LogP contribution in [0.1, 0.15) is 42.9 Å². The van der Waals surface area contributed by atoms with Crippen LogP contribution < -0.4 is 0 Å². The van der Waals surface area contributed by atoms with E-state index in [-0.39, 0.29) is 0 Å². The summed E-state index contributed by atoms with van der Waals surface area (Å²) < 4.78 is 0. The Bertz CT molecular complexity index is 501. The molecule has 1 aromatic rings. The van der Waals surface area contributed by atoms with Crippen LogP contribution in [0, 0.1) is 6.92 Å². The highest BCUT2D eigenvalue weighted by Crippen LogP contribution is 2.39. The predicted octanol–water partition coefficient (Wildman–Crippen LogP) is 5.02. The highest BCUT2D eigenvalue weighted by molar-refractivity contribution is 5.82. The van der Waals surface area contributed by atoms with E-state index in [1.807, 2.05) is 6.08 Å². The van der Waals surface area contributed by atoms with Crippen LogP contribution in [0.4, 0.5) is 0 Å². The summed E-state index contributed by atoms with van der Waals surface area (Å²) in [6.45, 7) is 10.5. The highest BCUT2D eigenvalue weighted by Gasteiger charge is 2.21. The van der Waals surface area contributed by atoms with Crippen LogP contribution in [0.5, 0.6) is 0 Å². The molecule has 1 atom stereocenters. The molecule has 1 aliphatic rings. The first-order valence-electron chi connectivity index (χ1n) is 6.26. The SMILES string of the molecule is C=CC1=C(/C=C\C)c2cc(C)ccc2C(C)C1. The molecular formula is C17H20. The summed E-state index contributed by atoms with van der Waals surface area (Å²) in [5.41, 5.74) is 6.89. The van der Waals surface area contributed by atoms with Gasteiger partial charge in [0.15, 0.2) is 0 Å². The zero-order valence-corrected chi connectivity index (χ0v) is 11.0. The number of hydrogen-bond acceptors (Lipinski definition) is 0. The van der Waals surface area contributed by atoms with Crippen molar-refractivity contribution in [2.75, 3.05) is 0 Å². The lowest BCUT2D eigenvalue weighted by Crippen LogP contribution is -2.07. The monoisotopic (exact) mass is 224 g/mol. The van der Waals surface area contributed by atoms with Crippen LogP contribution in [0.2, 0.25) is 0 Å². The zero-order chi connectivity index (χ0) is 12.4. The minimum atomic E-state index is 0.590. The van der Waals surface area contributed by atoms with Crippen molar-refractivity contribution in [3.63, 3.8) is 0 Å². The fourth-order valence-electron chi connectivity index (χ4n) is 2.61. The Balaban J connectivity index is 2.68. The number of fused-ring (bicyclic) bond motifs is 1. The van der Waals surface area contributed by atoms with Crippen molar-refractivity contribution in [1.29, 1.82) is 0 Å². The van der Waals surface area contributed by atoms with Gasteiger partial charge in [0.2, 0.25) is 0 Å². The average Bonchev–Trinajstić information content (AvgIpc) is 2.32. The van der Waals surface area contributed by atoms with Crippen molar-refractivity contribution in [1.82, 2.24) is 0 Å². The molecule has 0 heteroatoms. The topological polar surface area (TPSA) is 0 Å². The molecule has 0 saturated carbocycles. The second-order valence-corrected chi connectivity index (χ2v) is 4.84. The maximum absolute atomic E-state index is 3.95. The average molecular weight is 224 g/mol. The summed E-state index contributed by atoms with van der Waals surface area (Å²) >= 11 is 0. The van der Waals surface area contributed by atoms with Crippen molar-refractivity contribution >= 4 is 5.57 Å². The van der Waals surface area contributed by atoms with E-state index in [1.54, 1.807) is 0 Å². The lowest BCUT2D eigenvalue weighted by molar-refractivity contribution is 0.749. The third-order valence-corrected chi connectivity index (χ3v) is 3.48. The molecule has 0 spiro atoms. The van der Waals surface area contributed by atoms with E-state index in [0.717, 1.165) is 6.42 Å². The molecule has 17 heavy (non-hydrogen) atoms. The number of aryl methyl sites for hydroxylation is 1. The van der Waals surface area contributed by atoms with Crippen LogP contribution in [0.15, 0.2) is 48.6 Å². The lowest BCUT2D eigenvalue weighted by atomic mass is 9.79. The predicted molar refractivity (Wildman–Crippen MR) is 76.1 cm³/mol. The van der Waals surface area contributed by atoms with Crippen LogP contribution in [-0.4, -0.2) is 0 Å². The lowest BCUT2D eigenvalue weighted by Gasteiger charge is -2.26. The van der Waals surface area contributed by atoms with Gasteiger partial charge in [-0.1, -0.05) is 55.5 Å². The molecular weight excluding hydrogens is 204 g/mol. The van der Waals surface area contributed by atoms with Gasteiger partial charge in [-0.2, -0.15) is 0 Å². The third-order valence-electron chi connectivity index (χ3n) is 3.48. The molecule has 88 valence electrons. The summed E-state index contributed by atoms with van der Waals surface area (Å²) in [6, 6.07) is 6.78. The van der Waals surface area contributed by atoms with E-state index >= 15 is 0 Å². The van der Waals surface area contributed by atoms with Crippen molar-refractivity contribution in [3.8, 4) is 0 Å². The fraction of sp³-hybridized carbons (Fsp3) is 0.294. The molecule has 0 N–H and O–H groups in total. The molecule has 0 aliphatic heterocycles. The molecule has 0 heterocycles. The minimum Gasteiger partial charge on any atom is -0.0988 e. The maximum Gasteiger partial charge on any atom is -0.0144 e. The fourth-order valence-corrected chi connectivity index (χ4v) is 2.61. The van der Waals surface area contributed by atoms with Crippen molar-refractivity contribution in [3.05, 3.63) is 65.3 Å². The Morgan fingerprint density at radius 2 is 2.12 bits per heavy atom. The van der Waals surface area contributed by atoms with Crippen molar-refractivity contribution in [2.24, 2.45) is 0 Å². The second kappa shape index (κ2) is 4.75. The molecule has 2 rings (SSSR count). The van der Waals surface area contributed by atoms with E-state index < -0.39 is 0 Å². The normalized spacial score (nSPS) is 19.6. The van der Waals surface area contributed by atoms with Gasteiger partial charge in [-0.25, -0.2) is 0 Å². The summed E-state index contributed by atoms with van der Waals surface area (Å²) in [6.07, 6.45) is 7.43. The van der Waals surface area contributed by atoms with Gasteiger partial charge in [-0.05, 0) is 48.5 Å². The van der Waals surface area contributed by atoms with E-state index in [9.17, 15) is 0 Å². The summed E-state index contributed by atoms with van der Waals surface area (Å²) in [5, 5.41) is 0. The van der Waals surface area contributed by atoms with Crippen LogP contribution in [0.25, 0.3) is 5.57 Å². The molecule has 0 aromatic heterocycles. The largest absolute Gasteiger partial charge is 0.0988 e. The number of benzene rings is 1. The molecule has 1 aliphatic carbocycles. The van der Waals surface area contributed by atoms with Crippen molar-refractivity contribution < 1.29 is 0 Å². The van der Waals surface area contributed by atoms with E-state index in [4.69, 9.17) is 0 Å². The molecule has 0 bridgehead atoms. The van der Waals surface area contributed by atoms with E-state index in [1.165, 1.54) is 27.8 Å². The number of allylic oxidation sites excluding steroid dienone is 5. The smallest absolute Gasteiger partial charge is 0.0144 e. The Morgan fingerprint density at radius 1 is 1.35 bits per heavy atom. The van der Waals surface area contributed by atoms with Gasteiger partial charge >= 0.3 is 0 Å². The first-order chi connectivity index (χ1) is 8.17. The quantitative estimate of drug-likeness (QED) is 0.661. The van der Waals surface area contributed by atoms with Gasteiger partial charge in [0.25, 0.3) is 0 Å². The number of rotatable bonds is 2. The van der Waals surface area contributed by atoms with E-state index in [2.05, 4.69) is 57.7 Å². The van der Waals surface area contributed by atoms with Crippen LogP contribution in [-0.2, 0) is 0 Å². The number of hydrogen-bond donors (Lipinski definition) is 0. The van der Waals surface area contributed by atoms with Gasteiger partial charge < -0.3 is 0 Å². The van der Waals surface area contributed by atoms with Crippen LogP contribution >= 0.6 is 0 Å². The Morgan fingerprint density at radius 3 is 2.76 bits per heavy atom. The molecule has 0 fully saturated rings. The second-order valence-electron chi connectivity index (χ2n) is 4.84. The maximum atomic E-state index is 3.95. The minimum absolute atomic E-state index is 0.590. The van der Waals surface area contributed by atoms with Gasteiger partial charge in [0, 0.05) is 0 Å². The first-order valence-corrected chi connectivity index (χ1v) is 6.26. The molecule has 0 saturated heterocycles. The van der Waals surface area contributed by atoms with Crippen LogP contribution in [0.3, 0.4) is 0 Å². The van der Waals surface area contributed by atoms with Gasteiger partial charge in [-0.3, -0.25) is 0 Å². The highest BCUT2D eigenvalue weighted by atomic mass is 14.2.